The Labute approximate surface area is 194 Å². The van der Waals surface area contributed by atoms with Gasteiger partial charge in [0.25, 0.3) is 5.91 Å². The highest BCUT2D eigenvalue weighted by molar-refractivity contribution is 7.07. The predicted octanol–water partition coefficient (Wildman–Crippen LogP) is 3.68. The van der Waals surface area contributed by atoms with Crippen molar-refractivity contribution >= 4 is 34.8 Å². The van der Waals surface area contributed by atoms with Gasteiger partial charge in [-0.1, -0.05) is 29.8 Å². The number of alkyl halides is 1. The molecule has 0 saturated carbocycles. The summed E-state index contributed by atoms with van der Waals surface area (Å²) in [5.41, 5.74) is 5.30. The first-order valence-corrected chi connectivity index (χ1v) is 10.9. The van der Waals surface area contributed by atoms with E-state index < -0.39 is 5.91 Å². The zero-order chi connectivity index (χ0) is 23.3. The highest BCUT2D eigenvalue weighted by Gasteiger charge is 2.18. The molecule has 0 radical (unpaired) electrons. The average Bonchev–Trinajstić information content (AvgIpc) is 3.25. The first-order chi connectivity index (χ1) is 15.4. The molecule has 0 aliphatic carbocycles. The second kappa shape index (κ2) is 10.3. The summed E-state index contributed by atoms with van der Waals surface area (Å²) in [5.74, 6) is -0.0630. The van der Waals surface area contributed by atoms with E-state index in [-0.39, 0.29) is 22.2 Å². The van der Waals surface area contributed by atoms with Gasteiger partial charge in [-0.25, -0.2) is 5.43 Å². The summed E-state index contributed by atoms with van der Waals surface area (Å²) in [6.07, 6.45) is 0. The van der Waals surface area contributed by atoms with Crippen LogP contribution in [-0.4, -0.2) is 43.6 Å². The van der Waals surface area contributed by atoms with Gasteiger partial charge in [-0.3, -0.25) is 14.2 Å². The maximum absolute atomic E-state index is 12.7. The molecule has 0 unspecified atom stereocenters. The summed E-state index contributed by atoms with van der Waals surface area (Å²) < 4.78 is 17.2. The quantitative estimate of drug-likeness (QED) is 0.416. The molecule has 0 aliphatic heterocycles. The van der Waals surface area contributed by atoms with Crippen LogP contribution in [-0.2, 0) is 0 Å². The smallest absolute Gasteiger partial charge is 0.271 e. The molecular weight excluding hydrogens is 454 g/mol. The first kappa shape index (κ1) is 23.4. The third-order valence-electron chi connectivity index (χ3n) is 4.60. The van der Waals surface area contributed by atoms with Crippen molar-refractivity contribution in [2.45, 2.75) is 6.92 Å². The number of carbonyl (C=O) groups excluding carboxylic acids is 2. The van der Waals surface area contributed by atoms with Crippen LogP contribution in [0.2, 0.25) is 0 Å². The molecule has 0 bridgehead atoms. The normalized spacial score (nSPS) is 11.2. The third kappa shape index (κ3) is 4.79. The number of hydrogen-bond donors (Lipinski definition) is 1. The summed E-state index contributed by atoms with van der Waals surface area (Å²) >= 11 is 7.03. The second-order valence-electron chi connectivity index (χ2n) is 6.60. The van der Waals surface area contributed by atoms with Gasteiger partial charge in [0.05, 0.1) is 27.0 Å². The number of nitrogens with zero attached hydrogens (tertiary/aromatic N) is 2. The Hall–Kier alpha value is -3.30. The van der Waals surface area contributed by atoms with Crippen LogP contribution in [0.3, 0.4) is 0 Å². The lowest BCUT2D eigenvalue weighted by Crippen LogP contribution is -2.29. The van der Waals surface area contributed by atoms with Gasteiger partial charge in [0.2, 0.25) is 16.5 Å². The largest absolute Gasteiger partial charge is 0.493 e. The van der Waals surface area contributed by atoms with Crippen LogP contribution in [0, 0.1) is 6.92 Å². The summed E-state index contributed by atoms with van der Waals surface area (Å²) in [5, 5.41) is 5.95. The minimum atomic E-state index is -0.514. The molecular formula is C22H22ClN3O5S. The van der Waals surface area contributed by atoms with Gasteiger partial charge in [0.1, 0.15) is 5.88 Å². The number of aromatic nitrogens is 1. The van der Waals surface area contributed by atoms with E-state index in [0.29, 0.717) is 22.9 Å². The number of thiazole rings is 1. The van der Waals surface area contributed by atoms with Crippen LogP contribution in [0.25, 0.3) is 11.3 Å². The average molecular weight is 476 g/mol. The first-order valence-electron chi connectivity index (χ1n) is 9.44. The molecule has 0 aliphatic rings. The van der Waals surface area contributed by atoms with Gasteiger partial charge < -0.3 is 14.2 Å². The van der Waals surface area contributed by atoms with E-state index in [9.17, 15) is 9.59 Å². The number of amides is 1. The maximum atomic E-state index is 12.7. The molecule has 0 spiro atoms. The Balaban J connectivity index is 1.98. The van der Waals surface area contributed by atoms with Crippen molar-refractivity contribution in [3.05, 3.63) is 57.7 Å². The zero-order valence-electron chi connectivity index (χ0n) is 18.0. The minimum absolute atomic E-state index is 0.233. The standard InChI is InChI=1S/C22H22ClN3O5S/c1-13-5-7-14(8-6-13)16-12-32-22(26(16)19(27)11-23)25-24-21(28)15-9-17(29-2)20(31-4)18(10-15)30-3/h5-10,12H,11H2,1-4H3,(H,24,28)/b25-22+. The predicted molar refractivity (Wildman–Crippen MR) is 123 cm³/mol. The number of methoxy groups -OCH3 is 3. The van der Waals surface area contributed by atoms with E-state index in [2.05, 4.69) is 10.5 Å². The molecule has 32 heavy (non-hydrogen) atoms. The number of hydrogen-bond acceptors (Lipinski definition) is 7. The van der Waals surface area contributed by atoms with Crippen LogP contribution >= 0.6 is 22.9 Å². The van der Waals surface area contributed by atoms with Gasteiger partial charge in [-0.2, -0.15) is 0 Å². The lowest BCUT2D eigenvalue weighted by atomic mass is 10.1. The Bertz CT molecular complexity index is 1180. The molecule has 3 aromatic rings. The lowest BCUT2D eigenvalue weighted by Gasteiger charge is -2.13. The van der Waals surface area contributed by atoms with E-state index in [0.717, 1.165) is 11.1 Å². The fraction of sp³-hybridized carbons (Fsp3) is 0.227. The van der Waals surface area contributed by atoms with Gasteiger partial charge in [-0.05, 0) is 24.6 Å². The summed E-state index contributed by atoms with van der Waals surface area (Å²) in [6.45, 7) is 1.98. The van der Waals surface area contributed by atoms with Crippen molar-refractivity contribution < 1.29 is 23.8 Å². The van der Waals surface area contributed by atoms with Crippen molar-refractivity contribution in [3.63, 3.8) is 0 Å². The van der Waals surface area contributed by atoms with Crippen LogP contribution < -0.4 is 24.4 Å². The number of carbonyl (C=O) groups is 2. The molecule has 3 rings (SSSR count). The van der Waals surface area contributed by atoms with Gasteiger partial charge in [-0.15, -0.1) is 28.0 Å². The zero-order valence-corrected chi connectivity index (χ0v) is 19.5. The number of nitrogens with one attached hydrogen (secondary N) is 1. The molecule has 10 heteroatoms. The lowest BCUT2D eigenvalue weighted by molar-refractivity contribution is 0.0926. The van der Waals surface area contributed by atoms with E-state index in [1.54, 1.807) is 5.38 Å². The summed E-state index contributed by atoms with van der Waals surface area (Å²) in [6, 6.07) is 10.7. The van der Waals surface area contributed by atoms with Crippen molar-refractivity contribution in [3.8, 4) is 28.5 Å². The molecule has 1 amide bonds. The van der Waals surface area contributed by atoms with Crippen molar-refractivity contribution in [1.29, 1.82) is 0 Å². The SMILES string of the molecule is COc1cc(C(=O)N/N=c2/scc(-c3ccc(C)cc3)n2C(=O)CCl)cc(OC)c1OC. The summed E-state index contributed by atoms with van der Waals surface area (Å²) in [7, 11) is 4.40. The Morgan fingerprint density at radius 1 is 1.06 bits per heavy atom. The van der Waals surface area contributed by atoms with Gasteiger partial charge in [0.15, 0.2) is 11.5 Å². The van der Waals surface area contributed by atoms with E-state index in [4.69, 9.17) is 25.8 Å². The number of halogens is 1. The molecule has 8 nitrogen and oxygen atoms in total. The fourth-order valence-corrected chi connectivity index (χ4v) is 3.97. The number of rotatable bonds is 7. The second-order valence-corrected chi connectivity index (χ2v) is 7.70. The highest BCUT2D eigenvalue weighted by Crippen LogP contribution is 2.38. The van der Waals surface area contributed by atoms with Crippen molar-refractivity contribution in [2.75, 3.05) is 27.2 Å². The van der Waals surface area contributed by atoms with Crippen molar-refractivity contribution in [1.82, 2.24) is 9.99 Å². The van der Waals surface area contributed by atoms with Crippen LogP contribution in [0.4, 0.5) is 0 Å². The van der Waals surface area contributed by atoms with Crippen LogP contribution in [0.5, 0.6) is 17.2 Å². The molecule has 0 fully saturated rings. The molecule has 2 aromatic carbocycles. The Morgan fingerprint density at radius 3 is 2.22 bits per heavy atom. The molecule has 1 heterocycles. The monoisotopic (exact) mass is 475 g/mol. The molecule has 1 aromatic heterocycles. The van der Waals surface area contributed by atoms with E-state index in [1.165, 1.54) is 49.4 Å². The topological polar surface area (TPSA) is 91.2 Å². The molecule has 0 atom stereocenters. The fourth-order valence-electron chi connectivity index (χ4n) is 2.99. The molecule has 168 valence electrons. The van der Waals surface area contributed by atoms with E-state index >= 15 is 0 Å². The van der Waals surface area contributed by atoms with Gasteiger partial charge >= 0.3 is 0 Å². The Morgan fingerprint density at radius 2 is 1.69 bits per heavy atom. The number of benzene rings is 2. The maximum Gasteiger partial charge on any atom is 0.271 e. The number of aryl methyl sites for hydroxylation is 1. The number of ether oxygens (including phenoxy) is 3. The minimum Gasteiger partial charge on any atom is -0.493 e. The summed E-state index contributed by atoms with van der Waals surface area (Å²) in [4.78, 5) is 25.6. The molecule has 1 N–H and O–H groups in total. The third-order valence-corrected chi connectivity index (χ3v) is 5.65. The van der Waals surface area contributed by atoms with Gasteiger partial charge in [0, 0.05) is 10.9 Å². The van der Waals surface area contributed by atoms with Crippen LogP contribution in [0.1, 0.15) is 20.7 Å². The van der Waals surface area contributed by atoms with E-state index in [1.807, 2.05) is 31.2 Å². The molecule has 0 saturated heterocycles. The highest BCUT2D eigenvalue weighted by atomic mass is 35.5. The van der Waals surface area contributed by atoms with Crippen molar-refractivity contribution in [2.24, 2.45) is 5.10 Å². The van der Waals surface area contributed by atoms with Crippen LogP contribution in [0.15, 0.2) is 46.9 Å². The Kier molecular flexibility index (Phi) is 7.55.